The molecule has 0 aliphatic heterocycles. The maximum atomic E-state index is 12.1. The molecule has 0 fully saturated rings. The van der Waals surface area contributed by atoms with Gasteiger partial charge in [-0.2, -0.15) is 0 Å². The van der Waals surface area contributed by atoms with Gasteiger partial charge in [-0.25, -0.2) is 4.98 Å². The van der Waals surface area contributed by atoms with Crippen molar-refractivity contribution in [2.45, 2.75) is 6.36 Å². The number of benzene rings is 1. The molecule has 0 unspecified atom stereocenters. The van der Waals surface area contributed by atoms with Gasteiger partial charge in [-0.1, -0.05) is 12.0 Å². The Kier molecular flexibility index (Phi) is 3.80. The Bertz CT molecular complexity index is 658. The van der Waals surface area contributed by atoms with E-state index in [0.717, 1.165) is 6.07 Å². The number of hydrogen-bond donors (Lipinski definition) is 1. The lowest BCUT2D eigenvalue weighted by Crippen LogP contribution is -2.17. The van der Waals surface area contributed by atoms with Gasteiger partial charge in [-0.15, -0.1) is 13.2 Å². The van der Waals surface area contributed by atoms with Gasteiger partial charge in [0.1, 0.15) is 11.4 Å². The molecule has 3 nitrogen and oxygen atoms in total. The number of ether oxygens (including phenoxy) is 1. The van der Waals surface area contributed by atoms with E-state index in [-0.39, 0.29) is 5.69 Å². The minimum absolute atomic E-state index is 0.136. The zero-order valence-corrected chi connectivity index (χ0v) is 10.1. The molecule has 2 rings (SSSR count). The number of nitrogens with two attached hydrogens (primary N) is 1. The fourth-order valence-corrected chi connectivity index (χ4v) is 1.46. The summed E-state index contributed by atoms with van der Waals surface area (Å²) in [6.07, 6.45) is -3.19. The number of anilines is 1. The van der Waals surface area contributed by atoms with E-state index in [0.29, 0.717) is 11.3 Å². The third-order valence-corrected chi connectivity index (χ3v) is 2.16. The second kappa shape index (κ2) is 5.53. The molecule has 0 atom stereocenters. The Labute approximate surface area is 113 Å². The lowest BCUT2D eigenvalue weighted by molar-refractivity contribution is -0.274. The maximum Gasteiger partial charge on any atom is 0.573 e. The Balaban J connectivity index is 2.27. The summed E-state index contributed by atoms with van der Waals surface area (Å²) in [4.78, 5) is 3.98. The van der Waals surface area contributed by atoms with Crippen molar-refractivity contribution in [3.05, 3.63) is 53.9 Å². The van der Waals surface area contributed by atoms with Gasteiger partial charge in [-0.3, -0.25) is 0 Å². The quantitative estimate of drug-likeness (QED) is 0.644. The van der Waals surface area contributed by atoms with Crippen LogP contribution in [0.5, 0.6) is 5.75 Å². The highest BCUT2D eigenvalue weighted by Crippen LogP contribution is 2.25. The first-order valence-corrected chi connectivity index (χ1v) is 5.52. The van der Waals surface area contributed by atoms with Gasteiger partial charge < -0.3 is 10.5 Å². The second-order valence-electron chi connectivity index (χ2n) is 3.80. The summed E-state index contributed by atoms with van der Waals surface area (Å²) in [5.74, 6) is 5.01. The number of pyridine rings is 1. The predicted molar refractivity (Wildman–Crippen MR) is 67.8 cm³/mol. The molecule has 1 aromatic heterocycles. The van der Waals surface area contributed by atoms with Crippen LogP contribution in [-0.4, -0.2) is 11.3 Å². The minimum Gasteiger partial charge on any atom is -0.406 e. The number of alkyl halides is 3. The van der Waals surface area contributed by atoms with E-state index in [4.69, 9.17) is 5.73 Å². The van der Waals surface area contributed by atoms with Gasteiger partial charge in [0, 0.05) is 23.5 Å². The molecule has 0 radical (unpaired) electrons. The van der Waals surface area contributed by atoms with E-state index in [1.165, 1.54) is 12.1 Å². The third-order valence-electron chi connectivity index (χ3n) is 2.16. The fourth-order valence-electron chi connectivity index (χ4n) is 1.46. The molecule has 0 saturated heterocycles. The summed E-state index contributed by atoms with van der Waals surface area (Å²) in [5.41, 5.74) is 6.47. The summed E-state index contributed by atoms with van der Waals surface area (Å²) in [7, 11) is 0. The molecule has 2 aromatic rings. The van der Waals surface area contributed by atoms with Crippen molar-refractivity contribution in [1.82, 2.24) is 4.98 Å². The van der Waals surface area contributed by atoms with Crippen LogP contribution in [0.15, 0.2) is 42.6 Å². The fraction of sp³-hybridized carbons (Fsp3) is 0.0714. The highest BCUT2D eigenvalue weighted by molar-refractivity contribution is 5.53. The van der Waals surface area contributed by atoms with Crippen LogP contribution in [0, 0.1) is 11.8 Å². The molecule has 0 spiro atoms. The first-order chi connectivity index (χ1) is 9.42. The zero-order chi connectivity index (χ0) is 14.6. The van der Waals surface area contributed by atoms with Gasteiger partial charge in [0.25, 0.3) is 0 Å². The Morgan fingerprint density at radius 1 is 1.10 bits per heavy atom. The van der Waals surface area contributed by atoms with E-state index in [9.17, 15) is 13.2 Å². The summed E-state index contributed by atoms with van der Waals surface area (Å²) >= 11 is 0. The highest BCUT2D eigenvalue weighted by atomic mass is 19.4. The van der Waals surface area contributed by atoms with Crippen LogP contribution >= 0.6 is 0 Å². The van der Waals surface area contributed by atoms with E-state index in [1.54, 1.807) is 24.4 Å². The van der Waals surface area contributed by atoms with Crippen LogP contribution in [0.3, 0.4) is 0 Å². The van der Waals surface area contributed by atoms with E-state index in [2.05, 4.69) is 21.6 Å². The number of halogens is 3. The lowest BCUT2D eigenvalue weighted by atomic mass is 10.2. The van der Waals surface area contributed by atoms with Crippen LogP contribution in [0.25, 0.3) is 0 Å². The molecule has 20 heavy (non-hydrogen) atoms. The standard InChI is InChI=1S/C14H9F3N2O/c15-14(16,17)20-13-8-10(7-11(18)9-13)4-5-12-3-1-2-6-19-12/h1-3,6-9H,18H2. The van der Waals surface area contributed by atoms with Crippen LogP contribution < -0.4 is 10.5 Å². The molecule has 0 amide bonds. The van der Waals surface area contributed by atoms with E-state index in [1.807, 2.05) is 0 Å². The lowest BCUT2D eigenvalue weighted by Gasteiger charge is -2.09. The van der Waals surface area contributed by atoms with Gasteiger partial charge in [0.05, 0.1) is 0 Å². The maximum absolute atomic E-state index is 12.1. The SMILES string of the molecule is Nc1cc(C#Cc2ccccn2)cc(OC(F)(F)F)c1. The second-order valence-corrected chi connectivity index (χ2v) is 3.80. The average molecular weight is 278 g/mol. The molecule has 2 N–H and O–H groups in total. The highest BCUT2D eigenvalue weighted by Gasteiger charge is 2.31. The number of nitrogen functional groups attached to an aromatic ring is 1. The molecule has 0 saturated carbocycles. The van der Waals surface area contributed by atoms with Crippen molar-refractivity contribution in [2.24, 2.45) is 0 Å². The summed E-state index contributed by atoms with van der Waals surface area (Å²) < 4.78 is 40.3. The molecule has 6 heteroatoms. The van der Waals surface area contributed by atoms with E-state index < -0.39 is 12.1 Å². The van der Waals surface area contributed by atoms with Crippen LogP contribution in [0.4, 0.5) is 18.9 Å². The Morgan fingerprint density at radius 2 is 1.90 bits per heavy atom. The molecule has 1 heterocycles. The third kappa shape index (κ3) is 4.21. The van der Waals surface area contributed by atoms with E-state index >= 15 is 0 Å². The Hall–Kier alpha value is -2.68. The summed E-state index contributed by atoms with van der Waals surface area (Å²) in [6, 6.07) is 8.89. The van der Waals surface area contributed by atoms with Crippen molar-refractivity contribution in [3.63, 3.8) is 0 Å². The van der Waals surface area contributed by atoms with Crippen molar-refractivity contribution in [2.75, 3.05) is 5.73 Å². The van der Waals surface area contributed by atoms with Gasteiger partial charge in [0.15, 0.2) is 0 Å². The Morgan fingerprint density at radius 3 is 2.55 bits per heavy atom. The minimum atomic E-state index is -4.76. The zero-order valence-electron chi connectivity index (χ0n) is 10.1. The van der Waals surface area contributed by atoms with Gasteiger partial charge in [-0.05, 0) is 30.2 Å². The van der Waals surface area contributed by atoms with Crippen molar-refractivity contribution < 1.29 is 17.9 Å². The number of hydrogen-bond acceptors (Lipinski definition) is 3. The molecule has 0 bridgehead atoms. The van der Waals surface area contributed by atoms with Crippen LogP contribution in [-0.2, 0) is 0 Å². The molecular formula is C14H9F3N2O. The molecule has 1 aromatic carbocycles. The normalized spacial score (nSPS) is 10.6. The molecular weight excluding hydrogens is 269 g/mol. The van der Waals surface area contributed by atoms with Crippen LogP contribution in [0.2, 0.25) is 0 Å². The first kappa shape index (κ1) is 13.7. The summed E-state index contributed by atoms with van der Waals surface area (Å²) in [5, 5.41) is 0. The van der Waals surface area contributed by atoms with Crippen LogP contribution in [0.1, 0.15) is 11.3 Å². The smallest absolute Gasteiger partial charge is 0.406 e. The number of nitrogens with zero attached hydrogens (tertiary/aromatic N) is 1. The van der Waals surface area contributed by atoms with Crippen molar-refractivity contribution in [1.29, 1.82) is 0 Å². The number of aromatic nitrogens is 1. The molecule has 0 aliphatic rings. The predicted octanol–water partition coefficient (Wildman–Crippen LogP) is 2.96. The molecule has 102 valence electrons. The largest absolute Gasteiger partial charge is 0.573 e. The average Bonchev–Trinajstić information content (AvgIpc) is 2.35. The van der Waals surface area contributed by atoms with Crippen molar-refractivity contribution in [3.8, 4) is 17.6 Å². The number of rotatable bonds is 1. The first-order valence-electron chi connectivity index (χ1n) is 5.52. The van der Waals surface area contributed by atoms with Gasteiger partial charge >= 0.3 is 6.36 Å². The van der Waals surface area contributed by atoms with Crippen molar-refractivity contribution >= 4 is 5.69 Å². The topological polar surface area (TPSA) is 48.1 Å². The summed E-state index contributed by atoms with van der Waals surface area (Å²) in [6.45, 7) is 0. The monoisotopic (exact) mass is 278 g/mol. The molecule has 0 aliphatic carbocycles. The van der Waals surface area contributed by atoms with Gasteiger partial charge in [0.2, 0.25) is 0 Å².